The number of para-hydroxylation sites is 1. The molecule has 20 heavy (non-hydrogen) atoms. The van der Waals surface area contributed by atoms with Gasteiger partial charge >= 0.3 is 0 Å². The lowest BCUT2D eigenvalue weighted by molar-refractivity contribution is 0.218. The quantitative estimate of drug-likeness (QED) is 0.827. The summed E-state index contributed by atoms with van der Waals surface area (Å²) in [5, 5.41) is 0.528. The van der Waals surface area contributed by atoms with Crippen LogP contribution in [0.2, 0.25) is 5.02 Å². The molecule has 2 aromatic rings. The minimum Gasteiger partial charge on any atom is -0.493 e. The first-order valence-electron chi connectivity index (χ1n) is 6.55. The van der Waals surface area contributed by atoms with Crippen LogP contribution in [0.5, 0.6) is 11.5 Å². The average Bonchev–Trinajstić information content (AvgIpc) is 2.44. The van der Waals surface area contributed by atoms with Crippen LogP contribution in [0.1, 0.15) is 25.5 Å². The molecule has 0 radical (unpaired) electrons. The number of hydrogen-bond acceptors (Lipinski definition) is 3. The van der Waals surface area contributed by atoms with Crippen LogP contribution in [-0.4, -0.2) is 6.61 Å². The van der Waals surface area contributed by atoms with Crippen molar-refractivity contribution in [1.29, 1.82) is 0 Å². The molecule has 0 bridgehead atoms. The molecule has 1 atom stereocenters. The molecule has 2 rings (SSSR count). The number of benzene rings is 2. The number of nitrogen functional groups attached to an aromatic ring is 1. The van der Waals surface area contributed by atoms with E-state index in [4.69, 9.17) is 26.8 Å². The molecule has 0 aliphatic carbocycles. The number of anilines is 1. The maximum absolute atomic E-state index is 5.90. The highest BCUT2D eigenvalue weighted by Gasteiger charge is 2.13. The van der Waals surface area contributed by atoms with Gasteiger partial charge in [-0.15, -0.1) is 0 Å². The van der Waals surface area contributed by atoms with Gasteiger partial charge in [-0.3, -0.25) is 0 Å². The Balaban J connectivity index is 2.19. The molecule has 0 heterocycles. The lowest BCUT2D eigenvalue weighted by atomic mass is 10.1. The molecule has 0 aromatic heterocycles. The van der Waals surface area contributed by atoms with Crippen molar-refractivity contribution >= 4 is 17.3 Å². The van der Waals surface area contributed by atoms with Crippen molar-refractivity contribution in [3.63, 3.8) is 0 Å². The summed E-state index contributed by atoms with van der Waals surface area (Å²) < 4.78 is 11.5. The van der Waals surface area contributed by atoms with Gasteiger partial charge < -0.3 is 15.2 Å². The molecule has 0 spiro atoms. The molecule has 3 nitrogen and oxygen atoms in total. The SMILES string of the molecule is CCOc1ccccc1C(C)Oc1ccc(Cl)c(N)c1. The molecule has 0 aliphatic heterocycles. The van der Waals surface area contributed by atoms with E-state index in [0.29, 0.717) is 23.1 Å². The third kappa shape index (κ3) is 3.36. The van der Waals surface area contributed by atoms with Crippen molar-refractivity contribution < 1.29 is 9.47 Å². The van der Waals surface area contributed by atoms with Crippen LogP contribution in [-0.2, 0) is 0 Å². The number of halogens is 1. The molecular formula is C16H18ClNO2. The van der Waals surface area contributed by atoms with Gasteiger partial charge in [-0.2, -0.15) is 0 Å². The highest BCUT2D eigenvalue weighted by molar-refractivity contribution is 6.33. The molecule has 0 amide bonds. The first kappa shape index (κ1) is 14.5. The van der Waals surface area contributed by atoms with Gasteiger partial charge in [-0.25, -0.2) is 0 Å². The predicted molar refractivity (Wildman–Crippen MR) is 82.5 cm³/mol. The van der Waals surface area contributed by atoms with Crippen LogP contribution >= 0.6 is 11.6 Å². The Morgan fingerprint density at radius 1 is 1.20 bits per heavy atom. The average molecular weight is 292 g/mol. The van der Waals surface area contributed by atoms with Gasteiger partial charge in [0.25, 0.3) is 0 Å². The van der Waals surface area contributed by atoms with Gasteiger partial charge in [-0.05, 0) is 32.0 Å². The fourth-order valence-corrected chi connectivity index (χ4v) is 2.08. The van der Waals surface area contributed by atoms with Crippen LogP contribution in [0.3, 0.4) is 0 Å². The minimum atomic E-state index is -0.140. The van der Waals surface area contributed by atoms with Crippen LogP contribution < -0.4 is 15.2 Å². The van der Waals surface area contributed by atoms with Crippen molar-refractivity contribution in [2.24, 2.45) is 0 Å². The van der Waals surface area contributed by atoms with E-state index in [1.54, 1.807) is 18.2 Å². The highest BCUT2D eigenvalue weighted by Crippen LogP contribution is 2.31. The second kappa shape index (κ2) is 6.53. The van der Waals surface area contributed by atoms with Gasteiger partial charge in [0, 0.05) is 11.6 Å². The normalized spacial score (nSPS) is 11.9. The van der Waals surface area contributed by atoms with Crippen molar-refractivity contribution in [3.05, 3.63) is 53.1 Å². The zero-order valence-electron chi connectivity index (χ0n) is 11.6. The van der Waals surface area contributed by atoms with E-state index in [2.05, 4.69) is 0 Å². The first-order valence-corrected chi connectivity index (χ1v) is 6.93. The fourth-order valence-electron chi connectivity index (χ4n) is 1.97. The number of hydrogen-bond donors (Lipinski definition) is 1. The number of nitrogens with two attached hydrogens (primary N) is 1. The van der Waals surface area contributed by atoms with Crippen LogP contribution in [0.15, 0.2) is 42.5 Å². The van der Waals surface area contributed by atoms with Gasteiger partial charge in [0.05, 0.1) is 17.3 Å². The van der Waals surface area contributed by atoms with Crippen molar-refractivity contribution in [1.82, 2.24) is 0 Å². The Morgan fingerprint density at radius 2 is 1.95 bits per heavy atom. The first-order chi connectivity index (χ1) is 9.61. The van der Waals surface area contributed by atoms with E-state index < -0.39 is 0 Å². The van der Waals surface area contributed by atoms with E-state index >= 15 is 0 Å². The highest BCUT2D eigenvalue weighted by atomic mass is 35.5. The summed E-state index contributed by atoms with van der Waals surface area (Å²) in [4.78, 5) is 0. The molecule has 4 heteroatoms. The maximum Gasteiger partial charge on any atom is 0.126 e. The van der Waals surface area contributed by atoms with E-state index in [1.807, 2.05) is 38.1 Å². The molecule has 106 valence electrons. The Kier molecular flexibility index (Phi) is 4.74. The summed E-state index contributed by atoms with van der Waals surface area (Å²) in [7, 11) is 0. The van der Waals surface area contributed by atoms with Crippen molar-refractivity contribution in [2.45, 2.75) is 20.0 Å². The van der Waals surface area contributed by atoms with E-state index in [9.17, 15) is 0 Å². The smallest absolute Gasteiger partial charge is 0.126 e. The van der Waals surface area contributed by atoms with Crippen molar-refractivity contribution in [3.8, 4) is 11.5 Å². The lowest BCUT2D eigenvalue weighted by Gasteiger charge is -2.18. The monoisotopic (exact) mass is 291 g/mol. The largest absolute Gasteiger partial charge is 0.493 e. The zero-order valence-corrected chi connectivity index (χ0v) is 12.4. The summed E-state index contributed by atoms with van der Waals surface area (Å²) >= 11 is 5.90. The maximum atomic E-state index is 5.90. The van der Waals surface area contributed by atoms with Crippen LogP contribution in [0.25, 0.3) is 0 Å². The topological polar surface area (TPSA) is 44.5 Å². The Bertz CT molecular complexity index is 586. The van der Waals surface area contributed by atoms with Gasteiger partial charge in [0.15, 0.2) is 0 Å². The molecular weight excluding hydrogens is 274 g/mol. The molecule has 2 aromatic carbocycles. The third-order valence-corrected chi connectivity index (χ3v) is 3.28. The van der Waals surface area contributed by atoms with Crippen LogP contribution in [0.4, 0.5) is 5.69 Å². The van der Waals surface area contributed by atoms with Crippen LogP contribution in [0, 0.1) is 0 Å². The zero-order chi connectivity index (χ0) is 14.5. The molecule has 2 N–H and O–H groups in total. The third-order valence-electron chi connectivity index (χ3n) is 2.94. The Morgan fingerprint density at radius 3 is 2.65 bits per heavy atom. The fraction of sp³-hybridized carbons (Fsp3) is 0.250. The Labute approximate surface area is 124 Å². The van der Waals surface area contributed by atoms with E-state index in [-0.39, 0.29) is 6.10 Å². The summed E-state index contributed by atoms with van der Waals surface area (Å²) in [6.45, 7) is 4.56. The van der Waals surface area contributed by atoms with Gasteiger partial charge in [0.1, 0.15) is 17.6 Å². The second-order valence-electron chi connectivity index (χ2n) is 4.41. The number of ether oxygens (including phenoxy) is 2. The van der Waals surface area contributed by atoms with Gasteiger partial charge in [-0.1, -0.05) is 29.8 Å². The van der Waals surface area contributed by atoms with E-state index in [1.165, 1.54) is 0 Å². The minimum absolute atomic E-state index is 0.140. The summed E-state index contributed by atoms with van der Waals surface area (Å²) in [5.41, 5.74) is 7.29. The Hall–Kier alpha value is -1.87. The molecule has 1 unspecified atom stereocenters. The predicted octanol–water partition coefficient (Wildman–Crippen LogP) is 4.46. The summed E-state index contributed by atoms with van der Waals surface area (Å²) in [5.74, 6) is 1.52. The molecule has 0 aliphatic rings. The molecule has 0 fully saturated rings. The second-order valence-corrected chi connectivity index (χ2v) is 4.82. The molecule has 0 saturated heterocycles. The molecule has 0 saturated carbocycles. The van der Waals surface area contributed by atoms with Gasteiger partial charge in [0.2, 0.25) is 0 Å². The standard InChI is InChI=1S/C16H18ClNO2/c1-3-19-16-7-5-4-6-13(16)11(2)20-12-8-9-14(17)15(18)10-12/h4-11H,3,18H2,1-2H3. The summed E-state index contributed by atoms with van der Waals surface area (Å²) in [6.07, 6.45) is -0.140. The number of rotatable bonds is 5. The van der Waals surface area contributed by atoms with E-state index in [0.717, 1.165) is 11.3 Å². The summed E-state index contributed by atoms with van der Waals surface area (Å²) in [6, 6.07) is 13.1. The lowest BCUT2D eigenvalue weighted by Crippen LogP contribution is -2.06. The van der Waals surface area contributed by atoms with Crippen molar-refractivity contribution in [2.75, 3.05) is 12.3 Å².